The SMILES string of the molecule is CC(C)CN(CC(N)=O)c1cc(F)c(C(=O)O)cc1N. The zero-order chi connectivity index (χ0) is 15.4. The molecule has 0 atom stereocenters. The smallest absolute Gasteiger partial charge is 0.338 e. The van der Waals surface area contributed by atoms with E-state index in [1.54, 1.807) is 0 Å². The maximum Gasteiger partial charge on any atom is 0.338 e. The Labute approximate surface area is 116 Å². The largest absolute Gasteiger partial charge is 0.478 e. The fraction of sp³-hybridized carbons (Fsp3) is 0.385. The lowest BCUT2D eigenvalue weighted by Gasteiger charge is -2.26. The van der Waals surface area contributed by atoms with Crippen molar-refractivity contribution in [3.63, 3.8) is 0 Å². The monoisotopic (exact) mass is 283 g/mol. The first-order chi connectivity index (χ1) is 9.22. The average Bonchev–Trinajstić information content (AvgIpc) is 2.29. The van der Waals surface area contributed by atoms with Crippen LogP contribution in [0.15, 0.2) is 12.1 Å². The van der Waals surface area contributed by atoms with Gasteiger partial charge in [0.15, 0.2) is 0 Å². The average molecular weight is 283 g/mol. The number of carboxylic acid groups (broad SMARTS) is 1. The number of carbonyl (C=O) groups excluding carboxylic acids is 1. The molecule has 0 saturated heterocycles. The van der Waals surface area contributed by atoms with E-state index in [-0.39, 0.29) is 23.8 Å². The molecule has 1 rings (SSSR count). The summed E-state index contributed by atoms with van der Waals surface area (Å²) in [5.74, 6) is -2.69. The number of anilines is 2. The highest BCUT2D eigenvalue weighted by atomic mass is 19.1. The van der Waals surface area contributed by atoms with Crippen LogP contribution in [0.5, 0.6) is 0 Å². The van der Waals surface area contributed by atoms with E-state index in [1.165, 1.54) is 4.90 Å². The molecule has 0 aliphatic carbocycles. The van der Waals surface area contributed by atoms with Gasteiger partial charge in [0.25, 0.3) is 0 Å². The number of carbonyl (C=O) groups is 2. The van der Waals surface area contributed by atoms with Crippen LogP contribution in [0.25, 0.3) is 0 Å². The van der Waals surface area contributed by atoms with E-state index in [9.17, 15) is 14.0 Å². The summed E-state index contributed by atoms with van der Waals surface area (Å²) < 4.78 is 13.7. The molecule has 5 N–H and O–H groups in total. The minimum absolute atomic E-state index is 0.0886. The lowest BCUT2D eigenvalue weighted by atomic mass is 10.1. The maximum atomic E-state index is 13.7. The van der Waals surface area contributed by atoms with Gasteiger partial charge in [-0.05, 0) is 12.0 Å². The van der Waals surface area contributed by atoms with Crippen molar-refractivity contribution in [3.8, 4) is 0 Å². The summed E-state index contributed by atoms with van der Waals surface area (Å²) in [6.07, 6.45) is 0. The van der Waals surface area contributed by atoms with Gasteiger partial charge in [0, 0.05) is 12.6 Å². The Morgan fingerprint density at radius 1 is 1.40 bits per heavy atom. The second-order valence-corrected chi connectivity index (χ2v) is 4.94. The number of amides is 1. The maximum absolute atomic E-state index is 13.7. The van der Waals surface area contributed by atoms with Crippen LogP contribution in [0.1, 0.15) is 24.2 Å². The van der Waals surface area contributed by atoms with Crippen LogP contribution in [0, 0.1) is 11.7 Å². The quantitative estimate of drug-likeness (QED) is 0.676. The van der Waals surface area contributed by atoms with Crippen molar-refractivity contribution in [2.75, 3.05) is 23.7 Å². The van der Waals surface area contributed by atoms with E-state index in [0.29, 0.717) is 6.54 Å². The van der Waals surface area contributed by atoms with Crippen molar-refractivity contribution in [1.29, 1.82) is 0 Å². The predicted molar refractivity (Wildman–Crippen MR) is 74.0 cm³/mol. The first-order valence-corrected chi connectivity index (χ1v) is 6.08. The summed E-state index contributed by atoms with van der Waals surface area (Å²) in [5, 5.41) is 8.83. The summed E-state index contributed by atoms with van der Waals surface area (Å²) in [7, 11) is 0. The fourth-order valence-electron chi connectivity index (χ4n) is 1.89. The van der Waals surface area contributed by atoms with Crippen LogP contribution in [0.2, 0.25) is 0 Å². The Hall–Kier alpha value is -2.31. The molecule has 1 amide bonds. The number of carboxylic acids is 1. The van der Waals surface area contributed by atoms with Gasteiger partial charge < -0.3 is 21.5 Å². The molecule has 6 nitrogen and oxygen atoms in total. The summed E-state index contributed by atoms with van der Waals surface area (Å²) in [6.45, 7) is 4.17. The standard InChI is InChI=1S/C13H18FN3O3/c1-7(2)5-17(6-12(16)18)11-4-9(14)8(13(19)20)3-10(11)15/h3-4,7H,5-6,15H2,1-2H3,(H2,16,18)(H,19,20). The van der Waals surface area contributed by atoms with Crippen molar-refractivity contribution in [2.45, 2.75) is 13.8 Å². The Bertz CT molecular complexity index is 532. The second-order valence-electron chi connectivity index (χ2n) is 4.94. The molecule has 0 bridgehead atoms. The molecule has 0 fully saturated rings. The van der Waals surface area contributed by atoms with Crippen molar-refractivity contribution < 1.29 is 19.1 Å². The third-order valence-electron chi connectivity index (χ3n) is 2.62. The Morgan fingerprint density at radius 3 is 2.45 bits per heavy atom. The first kappa shape index (κ1) is 15.7. The summed E-state index contributed by atoms with van der Waals surface area (Å²) in [6, 6.07) is 2.06. The molecule has 0 heterocycles. The van der Waals surface area contributed by atoms with Gasteiger partial charge in [-0.25, -0.2) is 9.18 Å². The Balaban J connectivity index is 3.22. The summed E-state index contributed by atoms with van der Waals surface area (Å²) in [5.41, 5.74) is 10.8. The molecule has 7 heteroatoms. The molecule has 0 unspecified atom stereocenters. The number of hydrogen-bond acceptors (Lipinski definition) is 4. The van der Waals surface area contributed by atoms with Crippen LogP contribution < -0.4 is 16.4 Å². The normalized spacial score (nSPS) is 10.6. The van der Waals surface area contributed by atoms with Gasteiger partial charge in [-0.1, -0.05) is 13.8 Å². The third kappa shape index (κ3) is 3.84. The van der Waals surface area contributed by atoms with Gasteiger partial charge in [-0.15, -0.1) is 0 Å². The molecule has 0 radical (unpaired) electrons. The Morgan fingerprint density at radius 2 is 2.00 bits per heavy atom. The molecule has 0 saturated carbocycles. The van der Waals surface area contributed by atoms with Crippen molar-refractivity contribution in [2.24, 2.45) is 11.7 Å². The highest BCUT2D eigenvalue weighted by Crippen LogP contribution is 2.27. The van der Waals surface area contributed by atoms with E-state index in [1.807, 2.05) is 13.8 Å². The van der Waals surface area contributed by atoms with E-state index in [2.05, 4.69) is 0 Å². The first-order valence-electron chi connectivity index (χ1n) is 6.08. The lowest BCUT2D eigenvalue weighted by Crippen LogP contribution is -2.36. The topological polar surface area (TPSA) is 110 Å². The summed E-state index contributed by atoms with van der Waals surface area (Å²) >= 11 is 0. The highest BCUT2D eigenvalue weighted by Gasteiger charge is 2.19. The number of benzene rings is 1. The predicted octanol–water partition coefficient (Wildman–Crippen LogP) is 1.05. The van der Waals surface area contributed by atoms with Crippen LogP contribution in [0.3, 0.4) is 0 Å². The summed E-state index contributed by atoms with van der Waals surface area (Å²) in [4.78, 5) is 23.5. The van der Waals surface area contributed by atoms with Gasteiger partial charge in [0.2, 0.25) is 5.91 Å². The Kier molecular flexibility index (Phi) is 4.90. The minimum atomic E-state index is -1.40. The molecule has 0 aliphatic rings. The van der Waals surface area contributed by atoms with Crippen LogP contribution in [0.4, 0.5) is 15.8 Å². The van der Waals surface area contributed by atoms with Gasteiger partial charge in [-0.3, -0.25) is 4.79 Å². The van der Waals surface area contributed by atoms with E-state index in [4.69, 9.17) is 16.6 Å². The molecule has 0 spiro atoms. The molecule has 0 aliphatic heterocycles. The van der Waals surface area contributed by atoms with Crippen molar-refractivity contribution >= 4 is 23.3 Å². The fourth-order valence-corrected chi connectivity index (χ4v) is 1.89. The zero-order valence-electron chi connectivity index (χ0n) is 11.4. The van der Waals surface area contributed by atoms with Gasteiger partial charge >= 0.3 is 5.97 Å². The van der Waals surface area contributed by atoms with Gasteiger partial charge in [0.1, 0.15) is 5.82 Å². The number of primary amides is 1. The van der Waals surface area contributed by atoms with Crippen molar-refractivity contribution in [3.05, 3.63) is 23.5 Å². The van der Waals surface area contributed by atoms with Gasteiger partial charge in [0.05, 0.1) is 23.5 Å². The molecule has 1 aromatic rings. The van der Waals surface area contributed by atoms with Gasteiger partial charge in [-0.2, -0.15) is 0 Å². The van der Waals surface area contributed by atoms with Crippen LogP contribution in [-0.4, -0.2) is 30.1 Å². The molecule has 0 aromatic heterocycles. The van der Waals surface area contributed by atoms with Crippen molar-refractivity contribution in [1.82, 2.24) is 0 Å². The van der Waals surface area contributed by atoms with E-state index in [0.717, 1.165) is 12.1 Å². The van der Waals surface area contributed by atoms with E-state index < -0.39 is 23.3 Å². The zero-order valence-corrected chi connectivity index (χ0v) is 11.4. The minimum Gasteiger partial charge on any atom is -0.478 e. The second kappa shape index (κ2) is 6.23. The van der Waals surface area contributed by atoms with Crippen LogP contribution >= 0.6 is 0 Å². The number of nitrogen functional groups attached to an aromatic ring is 1. The number of hydrogen-bond donors (Lipinski definition) is 3. The molecule has 20 heavy (non-hydrogen) atoms. The lowest BCUT2D eigenvalue weighted by molar-refractivity contribution is -0.116. The van der Waals surface area contributed by atoms with Crippen LogP contribution in [-0.2, 0) is 4.79 Å². The molecular weight excluding hydrogens is 265 g/mol. The number of halogens is 1. The molecule has 1 aromatic carbocycles. The number of aromatic carboxylic acids is 1. The van der Waals surface area contributed by atoms with E-state index >= 15 is 0 Å². The highest BCUT2D eigenvalue weighted by molar-refractivity contribution is 5.91. The number of rotatable bonds is 6. The molecule has 110 valence electrons. The third-order valence-corrected chi connectivity index (χ3v) is 2.62. The number of nitrogens with two attached hydrogens (primary N) is 2. The molecular formula is C13H18FN3O3. The number of nitrogens with zero attached hydrogens (tertiary/aromatic N) is 1.